The van der Waals surface area contributed by atoms with Gasteiger partial charge in [-0.15, -0.1) is 0 Å². The van der Waals surface area contributed by atoms with E-state index in [9.17, 15) is 0 Å². The Morgan fingerprint density at radius 1 is 0.815 bits per heavy atom. The van der Waals surface area contributed by atoms with Crippen LogP contribution in [0.5, 0.6) is 0 Å². The molecule has 3 aromatic rings. The lowest BCUT2D eigenvalue weighted by atomic mass is 9.78. The molecule has 0 saturated heterocycles. The van der Waals surface area contributed by atoms with E-state index in [1.54, 1.807) is 0 Å². The van der Waals surface area contributed by atoms with Gasteiger partial charge in [0.25, 0.3) is 0 Å². The molecule has 0 heterocycles. The SMILES string of the molecule is CCc1ccccc1-c1c(C(C)(C)C)ccc2c1C=C(c1ccccc1)C2. The maximum absolute atomic E-state index is 2.43. The lowest BCUT2D eigenvalue weighted by Gasteiger charge is -2.26. The third kappa shape index (κ3) is 3.25. The average molecular weight is 353 g/mol. The molecule has 0 saturated carbocycles. The second kappa shape index (κ2) is 6.85. The van der Waals surface area contributed by atoms with Gasteiger partial charge in [-0.05, 0) is 68.8 Å². The fraction of sp³-hybridized carbons (Fsp3) is 0.259. The van der Waals surface area contributed by atoms with E-state index in [2.05, 4.69) is 101 Å². The normalized spacial score (nSPS) is 13.4. The minimum Gasteiger partial charge on any atom is -0.0622 e. The summed E-state index contributed by atoms with van der Waals surface area (Å²) in [5.74, 6) is 0. The average Bonchev–Trinajstić information content (AvgIpc) is 3.11. The monoisotopic (exact) mass is 352 g/mol. The maximum Gasteiger partial charge on any atom is -0.00134 e. The molecule has 0 heteroatoms. The van der Waals surface area contributed by atoms with Crippen LogP contribution in [0, 0.1) is 0 Å². The summed E-state index contributed by atoms with van der Waals surface area (Å²) >= 11 is 0. The van der Waals surface area contributed by atoms with Crippen LogP contribution in [0.3, 0.4) is 0 Å². The minimum absolute atomic E-state index is 0.106. The zero-order valence-corrected chi connectivity index (χ0v) is 16.8. The molecule has 0 aromatic heterocycles. The predicted molar refractivity (Wildman–Crippen MR) is 118 cm³/mol. The van der Waals surface area contributed by atoms with Crippen molar-refractivity contribution in [3.8, 4) is 11.1 Å². The van der Waals surface area contributed by atoms with Crippen LogP contribution in [-0.2, 0) is 18.3 Å². The Hall–Kier alpha value is -2.60. The van der Waals surface area contributed by atoms with Crippen molar-refractivity contribution in [2.45, 2.75) is 46.0 Å². The highest BCUT2D eigenvalue weighted by Crippen LogP contribution is 2.43. The lowest BCUT2D eigenvalue weighted by molar-refractivity contribution is 0.591. The molecule has 0 unspecified atom stereocenters. The van der Waals surface area contributed by atoms with Crippen molar-refractivity contribution in [1.29, 1.82) is 0 Å². The number of fused-ring (bicyclic) bond motifs is 1. The number of hydrogen-bond donors (Lipinski definition) is 0. The van der Waals surface area contributed by atoms with Crippen molar-refractivity contribution in [1.82, 2.24) is 0 Å². The molecule has 0 nitrogen and oxygen atoms in total. The third-order valence-electron chi connectivity index (χ3n) is 5.66. The Morgan fingerprint density at radius 3 is 2.22 bits per heavy atom. The van der Waals surface area contributed by atoms with Gasteiger partial charge in [0.05, 0.1) is 0 Å². The Labute approximate surface area is 163 Å². The predicted octanol–water partition coefficient (Wildman–Crippen LogP) is 7.31. The van der Waals surface area contributed by atoms with Crippen LogP contribution in [-0.4, -0.2) is 0 Å². The molecule has 3 aromatic carbocycles. The highest BCUT2D eigenvalue weighted by molar-refractivity contribution is 5.95. The van der Waals surface area contributed by atoms with E-state index in [0.717, 1.165) is 12.8 Å². The van der Waals surface area contributed by atoms with E-state index < -0.39 is 0 Å². The molecule has 0 bridgehead atoms. The second-order valence-electron chi connectivity index (χ2n) is 8.53. The third-order valence-corrected chi connectivity index (χ3v) is 5.66. The molecule has 1 aliphatic rings. The molecule has 0 N–H and O–H groups in total. The zero-order valence-electron chi connectivity index (χ0n) is 16.8. The van der Waals surface area contributed by atoms with E-state index >= 15 is 0 Å². The van der Waals surface area contributed by atoms with Gasteiger partial charge in [0.2, 0.25) is 0 Å². The van der Waals surface area contributed by atoms with Gasteiger partial charge in [0.1, 0.15) is 0 Å². The zero-order chi connectivity index (χ0) is 19.0. The van der Waals surface area contributed by atoms with Crippen molar-refractivity contribution in [2.24, 2.45) is 0 Å². The van der Waals surface area contributed by atoms with E-state index in [0.29, 0.717) is 0 Å². The number of benzene rings is 3. The van der Waals surface area contributed by atoms with Gasteiger partial charge in [-0.2, -0.15) is 0 Å². The quantitative estimate of drug-likeness (QED) is 0.463. The second-order valence-corrected chi connectivity index (χ2v) is 8.53. The van der Waals surface area contributed by atoms with Crippen LogP contribution in [0.1, 0.15) is 55.5 Å². The van der Waals surface area contributed by atoms with E-state index in [1.165, 1.54) is 44.5 Å². The summed E-state index contributed by atoms with van der Waals surface area (Å²) < 4.78 is 0. The van der Waals surface area contributed by atoms with Crippen molar-refractivity contribution >= 4 is 11.6 Å². The van der Waals surface area contributed by atoms with Gasteiger partial charge in [0, 0.05) is 0 Å². The van der Waals surface area contributed by atoms with Crippen LogP contribution in [0.2, 0.25) is 0 Å². The van der Waals surface area contributed by atoms with Crippen LogP contribution >= 0.6 is 0 Å². The summed E-state index contributed by atoms with van der Waals surface area (Å²) in [5.41, 5.74) is 11.4. The molecule has 0 amide bonds. The van der Waals surface area contributed by atoms with E-state index in [1.807, 2.05) is 0 Å². The number of allylic oxidation sites excluding steroid dienone is 1. The van der Waals surface area contributed by atoms with Crippen LogP contribution < -0.4 is 0 Å². The van der Waals surface area contributed by atoms with Crippen LogP contribution in [0.25, 0.3) is 22.8 Å². The molecule has 0 aliphatic heterocycles. The standard InChI is InChI=1S/C27H28/c1-5-19-11-9-10-14-23(19)26-24-18-22(20-12-7-6-8-13-20)17-21(24)15-16-25(26)27(2,3)4/h6-16,18H,5,17H2,1-4H3. The number of aryl methyl sites for hydroxylation is 1. The van der Waals surface area contributed by atoms with Gasteiger partial charge in [-0.3, -0.25) is 0 Å². The van der Waals surface area contributed by atoms with E-state index in [4.69, 9.17) is 0 Å². The summed E-state index contributed by atoms with van der Waals surface area (Å²) in [7, 11) is 0. The Balaban J connectivity index is 1.98. The fourth-order valence-corrected chi connectivity index (χ4v) is 4.24. The Bertz CT molecular complexity index is 998. The number of hydrogen-bond acceptors (Lipinski definition) is 0. The molecular weight excluding hydrogens is 324 g/mol. The van der Waals surface area contributed by atoms with Crippen LogP contribution in [0.15, 0.2) is 66.7 Å². The summed E-state index contributed by atoms with van der Waals surface area (Å²) in [5, 5.41) is 0. The molecule has 0 fully saturated rings. The molecular formula is C27H28. The first-order valence-electron chi connectivity index (χ1n) is 9.99. The first kappa shape index (κ1) is 17.8. The van der Waals surface area contributed by atoms with Crippen molar-refractivity contribution < 1.29 is 0 Å². The molecule has 4 rings (SSSR count). The van der Waals surface area contributed by atoms with Gasteiger partial charge in [-0.1, -0.05) is 94.4 Å². The minimum atomic E-state index is 0.106. The van der Waals surface area contributed by atoms with Crippen LogP contribution in [0.4, 0.5) is 0 Å². The summed E-state index contributed by atoms with van der Waals surface area (Å²) in [6.07, 6.45) is 4.51. The summed E-state index contributed by atoms with van der Waals surface area (Å²) in [6.45, 7) is 9.22. The maximum atomic E-state index is 2.43. The largest absolute Gasteiger partial charge is 0.0622 e. The summed E-state index contributed by atoms with van der Waals surface area (Å²) in [4.78, 5) is 0. The number of rotatable bonds is 3. The van der Waals surface area contributed by atoms with Gasteiger partial charge in [-0.25, -0.2) is 0 Å². The van der Waals surface area contributed by atoms with Crippen molar-refractivity contribution in [3.63, 3.8) is 0 Å². The van der Waals surface area contributed by atoms with Crippen molar-refractivity contribution in [3.05, 3.63) is 94.5 Å². The van der Waals surface area contributed by atoms with Gasteiger partial charge in [0.15, 0.2) is 0 Å². The van der Waals surface area contributed by atoms with E-state index in [-0.39, 0.29) is 5.41 Å². The molecule has 27 heavy (non-hydrogen) atoms. The topological polar surface area (TPSA) is 0 Å². The lowest BCUT2D eigenvalue weighted by Crippen LogP contribution is -2.14. The highest BCUT2D eigenvalue weighted by atomic mass is 14.3. The first-order valence-corrected chi connectivity index (χ1v) is 9.99. The Kier molecular flexibility index (Phi) is 4.52. The molecule has 1 aliphatic carbocycles. The first-order chi connectivity index (χ1) is 13.0. The Morgan fingerprint density at radius 2 is 1.52 bits per heavy atom. The molecule has 0 radical (unpaired) electrons. The molecule has 0 spiro atoms. The fourth-order valence-electron chi connectivity index (χ4n) is 4.24. The van der Waals surface area contributed by atoms with Gasteiger partial charge < -0.3 is 0 Å². The smallest absolute Gasteiger partial charge is 0.00134 e. The molecule has 136 valence electrons. The molecule has 0 atom stereocenters. The van der Waals surface area contributed by atoms with Crippen molar-refractivity contribution in [2.75, 3.05) is 0 Å². The summed E-state index contributed by atoms with van der Waals surface area (Å²) in [6, 6.07) is 24.4. The van der Waals surface area contributed by atoms with Gasteiger partial charge >= 0.3 is 0 Å². The highest BCUT2D eigenvalue weighted by Gasteiger charge is 2.26.